The Kier molecular flexibility index (Phi) is 8.51. The van der Waals surface area contributed by atoms with Crippen molar-refractivity contribution in [3.05, 3.63) is 53.5 Å². The molecule has 10 nitrogen and oxygen atoms in total. The van der Waals surface area contributed by atoms with E-state index in [0.717, 1.165) is 41.0 Å². The lowest BCUT2D eigenvalue weighted by Crippen LogP contribution is -2.58. The Hall–Kier alpha value is -3.70. The van der Waals surface area contributed by atoms with Gasteiger partial charge in [0.2, 0.25) is 12.1 Å². The van der Waals surface area contributed by atoms with E-state index in [0.29, 0.717) is 32.1 Å². The second kappa shape index (κ2) is 12.2. The molecule has 2 aromatic rings. The molecule has 0 spiro atoms. The van der Waals surface area contributed by atoms with Crippen molar-refractivity contribution < 1.29 is 18.6 Å². The lowest BCUT2D eigenvalue weighted by molar-refractivity contribution is -0.455. The number of likely N-dealkylation sites (tertiary alicyclic amines) is 2. The van der Waals surface area contributed by atoms with Crippen molar-refractivity contribution in [2.24, 2.45) is 11.0 Å². The number of hydrogen-bond acceptors (Lipinski definition) is 7. The summed E-state index contributed by atoms with van der Waals surface area (Å²) in [6.45, 7) is 9.05. The van der Waals surface area contributed by atoms with Gasteiger partial charge in [-0.3, -0.25) is 0 Å². The van der Waals surface area contributed by atoms with Gasteiger partial charge < -0.3 is 25.2 Å². The summed E-state index contributed by atoms with van der Waals surface area (Å²) in [5.41, 5.74) is 4.56. The van der Waals surface area contributed by atoms with E-state index in [1.54, 1.807) is 22.0 Å². The molecule has 0 aliphatic carbocycles. The Bertz CT molecular complexity index is 1320. The number of carbonyl (C=O) groups excluding carboxylic acids is 1. The van der Waals surface area contributed by atoms with Crippen LogP contribution in [-0.2, 0) is 11.3 Å². The number of rotatable bonds is 8. The van der Waals surface area contributed by atoms with Crippen molar-refractivity contribution in [2.75, 3.05) is 38.5 Å². The van der Waals surface area contributed by atoms with E-state index >= 15 is 0 Å². The van der Waals surface area contributed by atoms with Gasteiger partial charge in [-0.1, -0.05) is 16.8 Å². The molecular weight excluding hydrogens is 511 g/mol. The number of piperidine rings is 1. The minimum Gasteiger partial charge on any atom is -0.372 e. The van der Waals surface area contributed by atoms with Gasteiger partial charge in [0, 0.05) is 24.8 Å². The van der Waals surface area contributed by atoms with Crippen LogP contribution in [0.25, 0.3) is 11.3 Å². The first-order valence-electron chi connectivity index (χ1n) is 13.8. The molecule has 1 aromatic carbocycles. The fraction of sp³-hybridized carbons (Fsp3) is 0.483. The maximum Gasteiger partial charge on any atom is 0.317 e. The molecule has 3 aliphatic rings. The number of nitrogens with zero attached hydrogens (tertiary/aromatic N) is 6. The molecule has 40 heavy (non-hydrogen) atoms. The van der Waals surface area contributed by atoms with Crippen LogP contribution in [0.2, 0.25) is 0 Å². The van der Waals surface area contributed by atoms with Gasteiger partial charge in [0.05, 0.1) is 36.9 Å². The van der Waals surface area contributed by atoms with Crippen molar-refractivity contribution in [1.82, 2.24) is 25.1 Å². The third-order valence-electron chi connectivity index (χ3n) is 7.32. The van der Waals surface area contributed by atoms with Gasteiger partial charge in [0.1, 0.15) is 18.1 Å². The monoisotopic (exact) mass is 549 g/mol. The number of amides is 2. The fourth-order valence-electron chi connectivity index (χ4n) is 5.04. The molecule has 3 aliphatic heterocycles. The zero-order valence-electron chi connectivity index (χ0n) is 23.5. The average Bonchev–Trinajstić information content (AvgIpc) is 3.33. The Morgan fingerprint density at radius 2 is 2.10 bits per heavy atom. The van der Waals surface area contributed by atoms with E-state index in [1.807, 2.05) is 63.3 Å². The molecule has 5 rings (SSSR count). The summed E-state index contributed by atoms with van der Waals surface area (Å²) < 4.78 is 21.8. The van der Waals surface area contributed by atoms with Crippen molar-refractivity contribution in [2.45, 2.75) is 52.1 Å². The number of carbonyl (C=O) groups is 1. The summed E-state index contributed by atoms with van der Waals surface area (Å²) in [4.78, 5) is 25.3. The van der Waals surface area contributed by atoms with Gasteiger partial charge in [-0.2, -0.15) is 0 Å². The summed E-state index contributed by atoms with van der Waals surface area (Å²) in [5.74, 6) is 0.290. The maximum absolute atomic E-state index is 14.4. The lowest BCUT2D eigenvalue weighted by atomic mass is 9.96. The van der Waals surface area contributed by atoms with Gasteiger partial charge in [-0.25, -0.2) is 19.2 Å². The molecule has 0 bridgehead atoms. The Morgan fingerprint density at radius 3 is 2.85 bits per heavy atom. The molecule has 4 heterocycles. The molecule has 2 fully saturated rings. The number of anilines is 1. The van der Waals surface area contributed by atoms with Crippen LogP contribution in [0.15, 0.2) is 47.5 Å². The highest BCUT2D eigenvalue weighted by Gasteiger charge is 2.32. The van der Waals surface area contributed by atoms with Gasteiger partial charge in [-0.05, 0) is 69.1 Å². The number of nitrogens with one attached hydrogen (secondary N) is 2. The van der Waals surface area contributed by atoms with Crippen LogP contribution in [-0.4, -0.2) is 94.5 Å². The van der Waals surface area contributed by atoms with E-state index in [2.05, 4.69) is 31.8 Å². The predicted molar refractivity (Wildman–Crippen MR) is 153 cm³/mol. The maximum atomic E-state index is 14.4. The van der Waals surface area contributed by atoms with Gasteiger partial charge in [-0.15, -0.1) is 0 Å². The number of benzene rings is 1. The standard InChI is InChI=1S/C29H37FN8O2/c1-19(2)40-25-16-37(17-25)29(39)32-12-22-6-5-21(11-20(22)3)27-7-9-31-28(35-27)34-24-13-33-38(15-24)14-23-8-10-36(4)18-26(23)30/h5-7,9,11,13-15,19,23,25-26H,8,10,12,16-18H2,1-4H3,(H-,31,32,34,35,39)/p+1. The van der Waals surface area contributed by atoms with Crippen molar-refractivity contribution in [1.29, 1.82) is 0 Å². The minimum atomic E-state index is -0.900. The third-order valence-corrected chi connectivity index (χ3v) is 7.32. The number of aryl methyl sites for hydroxylation is 1. The number of halogens is 1. The van der Waals surface area contributed by atoms with Crippen LogP contribution >= 0.6 is 0 Å². The van der Waals surface area contributed by atoms with Crippen molar-refractivity contribution in [3.8, 4) is 11.3 Å². The molecule has 11 heteroatoms. The van der Waals surface area contributed by atoms with Crippen LogP contribution in [0, 0.1) is 12.8 Å². The molecule has 212 valence electrons. The van der Waals surface area contributed by atoms with Crippen LogP contribution in [0.3, 0.4) is 0 Å². The SMILES string of the molecule is Cc1cc(-c2ccnc(NC3=C[N+](=CC4CCN(C)CC4F)N=C3)n2)ccc1CNC(=O)N1CC(OC(C)C)C1. The highest BCUT2D eigenvalue weighted by atomic mass is 19.1. The zero-order chi connectivity index (χ0) is 28.2. The third kappa shape index (κ3) is 6.89. The van der Waals surface area contributed by atoms with Crippen LogP contribution < -0.4 is 10.6 Å². The number of ether oxygens (including phenoxy) is 1. The summed E-state index contributed by atoms with van der Waals surface area (Å²) in [7, 11) is 1.94. The lowest BCUT2D eigenvalue weighted by Gasteiger charge is -2.39. The Labute approximate surface area is 234 Å². The smallest absolute Gasteiger partial charge is 0.317 e. The molecule has 2 atom stereocenters. The van der Waals surface area contributed by atoms with Gasteiger partial charge in [0.15, 0.2) is 6.21 Å². The van der Waals surface area contributed by atoms with Gasteiger partial charge >= 0.3 is 6.03 Å². The van der Waals surface area contributed by atoms with Crippen molar-refractivity contribution in [3.63, 3.8) is 0 Å². The quantitative estimate of drug-likeness (QED) is 0.490. The van der Waals surface area contributed by atoms with E-state index in [-0.39, 0.29) is 24.2 Å². The van der Waals surface area contributed by atoms with E-state index in [1.165, 1.54) is 0 Å². The van der Waals surface area contributed by atoms with E-state index in [4.69, 9.17) is 4.74 Å². The summed E-state index contributed by atoms with van der Waals surface area (Å²) in [5, 5.41) is 10.6. The Balaban J connectivity index is 1.16. The zero-order valence-corrected chi connectivity index (χ0v) is 23.5. The summed E-state index contributed by atoms with van der Waals surface area (Å²) in [6, 6.07) is 7.86. The molecule has 2 unspecified atom stereocenters. The predicted octanol–water partition coefficient (Wildman–Crippen LogP) is 3.40. The summed E-state index contributed by atoms with van der Waals surface area (Å²) >= 11 is 0. The number of aromatic nitrogens is 2. The van der Waals surface area contributed by atoms with Crippen LogP contribution in [0.1, 0.15) is 31.4 Å². The average molecular weight is 550 g/mol. The normalized spacial score (nSPS) is 22.5. The van der Waals surface area contributed by atoms with E-state index in [9.17, 15) is 9.18 Å². The molecule has 2 saturated heterocycles. The largest absolute Gasteiger partial charge is 0.372 e. The van der Waals surface area contributed by atoms with E-state index < -0.39 is 6.17 Å². The molecule has 2 amide bonds. The molecule has 2 N–H and O–H groups in total. The topological polar surface area (TPSA) is 98.0 Å². The number of urea groups is 1. The van der Waals surface area contributed by atoms with Crippen molar-refractivity contribution >= 4 is 24.4 Å². The Morgan fingerprint density at radius 1 is 1.27 bits per heavy atom. The van der Waals surface area contributed by atoms with Crippen LogP contribution in [0.4, 0.5) is 15.1 Å². The number of allylic oxidation sites excluding steroid dienone is 1. The first-order chi connectivity index (χ1) is 19.2. The first kappa shape index (κ1) is 27.9. The van der Waals surface area contributed by atoms with Crippen LogP contribution in [0.5, 0.6) is 0 Å². The van der Waals surface area contributed by atoms with Gasteiger partial charge in [0.25, 0.3) is 0 Å². The second-order valence-corrected chi connectivity index (χ2v) is 11.0. The minimum absolute atomic E-state index is 0.0737. The summed E-state index contributed by atoms with van der Waals surface area (Å²) in [6.07, 6.45) is 7.20. The first-order valence-corrected chi connectivity index (χ1v) is 13.8. The number of hydrazone groups is 1. The number of alkyl halides is 1. The molecule has 1 aromatic heterocycles. The molecule has 0 radical (unpaired) electrons. The fourth-order valence-corrected chi connectivity index (χ4v) is 5.04. The highest BCUT2D eigenvalue weighted by molar-refractivity contribution is 5.83. The second-order valence-electron chi connectivity index (χ2n) is 11.0. The number of hydrogen-bond donors (Lipinski definition) is 2. The molecular formula is C29H38FN8O2+. The molecule has 0 saturated carbocycles. The highest BCUT2D eigenvalue weighted by Crippen LogP contribution is 2.23.